The Kier molecular flexibility index (Phi) is 6.93. The van der Waals surface area contributed by atoms with Gasteiger partial charge in [-0.1, -0.05) is 29.8 Å². The molecule has 1 aliphatic heterocycles. The second kappa shape index (κ2) is 9.60. The largest absolute Gasteiger partial charge is 0.490 e. The zero-order valence-corrected chi connectivity index (χ0v) is 17.1. The Morgan fingerprint density at radius 1 is 0.929 bits per heavy atom. The molecule has 0 aliphatic carbocycles. The number of piperazine rings is 1. The first-order valence-corrected chi connectivity index (χ1v) is 10.1. The molecule has 150 valence electrons. The highest BCUT2D eigenvalue weighted by Gasteiger charge is 2.23. The van der Waals surface area contributed by atoms with Crippen LogP contribution < -0.4 is 9.47 Å². The van der Waals surface area contributed by atoms with E-state index in [1.165, 1.54) is 11.1 Å². The Hall–Kier alpha value is -2.53. The van der Waals surface area contributed by atoms with Gasteiger partial charge in [0.1, 0.15) is 0 Å². The normalized spacial score (nSPS) is 14.8. The van der Waals surface area contributed by atoms with Crippen molar-refractivity contribution in [2.24, 2.45) is 0 Å². The highest BCUT2D eigenvalue weighted by Crippen LogP contribution is 2.29. The van der Waals surface area contributed by atoms with Gasteiger partial charge in [-0.2, -0.15) is 0 Å². The number of carbonyl (C=O) groups is 1. The first kappa shape index (κ1) is 20.2. The van der Waals surface area contributed by atoms with Crippen LogP contribution in [0.4, 0.5) is 0 Å². The van der Waals surface area contributed by atoms with Crippen LogP contribution in [-0.4, -0.2) is 55.1 Å². The monoisotopic (exact) mass is 382 g/mol. The lowest BCUT2D eigenvalue weighted by atomic mass is 10.1. The van der Waals surface area contributed by atoms with Gasteiger partial charge in [0, 0.05) is 38.3 Å². The number of ether oxygens (including phenoxy) is 2. The maximum atomic E-state index is 12.9. The fourth-order valence-corrected chi connectivity index (χ4v) is 3.54. The number of amides is 1. The molecule has 2 aromatic rings. The highest BCUT2D eigenvalue weighted by molar-refractivity contribution is 5.95. The van der Waals surface area contributed by atoms with E-state index in [1.54, 1.807) is 6.07 Å². The van der Waals surface area contributed by atoms with Gasteiger partial charge in [0.15, 0.2) is 11.5 Å². The Balaban J connectivity index is 1.61. The Morgan fingerprint density at radius 2 is 1.64 bits per heavy atom. The smallest absolute Gasteiger partial charge is 0.254 e. The molecule has 1 aliphatic rings. The maximum Gasteiger partial charge on any atom is 0.254 e. The van der Waals surface area contributed by atoms with Crippen molar-refractivity contribution >= 4 is 5.91 Å². The molecule has 0 saturated carbocycles. The van der Waals surface area contributed by atoms with Crippen LogP contribution in [0.3, 0.4) is 0 Å². The second-order valence-corrected chi connectivity index (χ2v) is 7.08. The van der Waals surface area contributed by atoms with Crippen LogP contribution in [-0.2, 0) is 6.54 Å². The van der Waals surface area contributed by atoms with Gasteiger partial charge in [-0.25, -0.2) is 0 Å². The fraction of sp³-hybridized carbons (Fsp3) is 0.435. The van der Waals surface area contributed by atoms with Crippen molar-refractivity contribution in [3.63, 3.8) is 0 Å². The van der Waals surface area contributed by atoms with Crippen molar-refractivity contribution in [2.45, 2.75) is 27.3 Å². The Labute approximate surface area is 167 Å². The van der Waals surface area contributed by atoms with E-state index in [1.807, 2.05) is 30.9 Å². The van der Waals surface area contributed by atoms with E-state index < -0.39 is 0 Å². The molecule has 0 spiro atoms. The molecule has 3 rings (SSSR count). The number of hydrogen-bond donors (Lipinski definition) is 0. The summed E-state index contributed by atoms with van der Waals surface area (Å²) in [4.78, 5) is 17.3. The lowest BCUT2D eigenvalue weighted by molar-refractivity contribution is 0.0628. The number of aryl methyl sites for hydroxylation is 1. The predicted molar refractivity (Wildman–Crippen MR) is 111 cm³/mol. The first-order chi connectivity index (χ1) is 13.6. The summed E-state index contributed by atoms with van der Waals surface area (Å²) in [5.41, 5.74) is 3.26. The SMILES string of the molecule is CCOc1ccc(C(=O)N2CCN(Cc3cccc(C)c3)CC2)cc1OCC. The van der Waals surface area contributed by atoms with E-state index in [-0.39, 0.29) is 5.91 Å². The molecule has 28 heavy (non-hydrogen) atoms. The number of benzene rings is 2. The molecule has 1 heterocycles. The Morgan fingerprint density at radius 3 is 2.32 bits per heavy atom. The van der Waals surface area contributed by atoms with Crippen LogP contribution in [0.5, 0.6) is 11.5 Å². The molecule has 0 aromatic heterocycles. The predicted octanol–water partition coefficient (Wildman–Crippen LogP) is 3.75. The molecule has 2 aromatic carbocycles. The van der Waals surface area contributed by atoms with E-state index in [0.29, 0.717) is 30.3 Å². The molecule has 1 amide bonds. The summed E-state index contributed by atoms with van der Waals surface area (Å²) in [5.74, 6) is 1.37. The average Bonchev–Trinajstić information content (AvgIpc) is 2.70. The first-order valence-electron chi connectivity index (χ1n) is 10.1. The molecular formula is C23H30N2O3. The van der Waals surface area contributed by atoms with Crippen LogP contribution in [0.2, 0.25) is 0 Å². The Bertz CT molecular complexity index is 798. The molecule has 0 unspecified atom stereocenters. The molecule has 0 radical (unpaired) electrons. The minimum Gasteiger partial charge on any atom is -0.490 e. The summed E-state index contributed by atoms with van der Waals surface area (Å²) in [6.45, 7) is 11.3. The van der Waals surface area contributed by atoms with Crippen molar-refractivity contribution in [1.29, 1.82) is 0 Å². The van der Waals surface area contributed by atoms with Crippen LogP contribution in [0.1, 0.15) is 35.3 Å². The van der Waals surface area contributed by atoms with E-state index >= 15 is 0 Å². The summed E-state index contributed by atoms with van der Waals surface area (Å²) in [6.07, 6.45) is 0. The van der Waals surface area contributed by atoms with Gasteiger partial charge >= 0.3 is 0 Å². The molecule has 5 nitrogen and oxygen atoms in total. The van der Waals surface area contributed by atoms with Gasteiger partial charge in [-0.15, -0.1) is 0 Å². The quantitative estimate of drug-likeness (QED) is 0.731. The minimum atomic E-state index is 0.0548. The van der Waals surface area contributed by atoms with Gasteiger partial charge in [-0.05, 0) is 44.5 Å². The van der Waals surface area contributed by atoms with E-state index in [2.05, 4.69) is 36.1 Å². The third-order valence-corrected chi connectivity index (χ3v) is 4.94. The van der Waals surface area contributed by atoms with E-state index in [4.69, 9.17) is 9.47 Å². The van der Waals surface area contributed by atoms with Gasteiger partial charge < -0.3 is 14.4 Å². The van der Waals surface area contributed by atoms with Crippen molar-refractivity contribution in [2.75, 3.05) is 39.4 Å². The fourth-order valence-electron chi connectivity index (χ4n) is 3.54. The molecule has 0 atom stereocenters. The second-order valence-electron chi connectivity index (χ2n) is 7.08. The third kappa shape index (κ3) is 5.04. The van der Waals surface area contributed by atoms with Gasteiger partial charge in [0.25, 0.3) is 5.91 Å². The zero-order chi connectivity index (χ0) is 19.9. The summed E-state index contributed by atoms with van der Waals surface area (Å²) < 4.78 is 11.2. The van der Waals surface area contributed by atoms with Crippen LogP contribution in [0.15, 0.2) is 42.5 Å². The van der Waals surface area contributed by atoms with Gasteiger partial charge in [-0.3, -0.25) is 9.69 Å². The average molecular weight is 383 g/mol. The zero-order valence-electron chi connectivity index (χ0n) is 17.1. The van der Waals surface area contributed by atoms with Crippen LogP contribution in [0.25, 0.3) is 0 Å². The van der Waals surface area contributed by atoms with Crippen molar-refractivity contribution in [3.8, 4) is 11.5 Å². The number of nitrogens with zero attached hydrogens (tertiary/aromatic N) is 2. The van der Waals surface area contributed by atoms with Crippen LogP contribution >= 0.6 is 0 Å². The molecule has 1 saturated heterocycles. The minimum absolute atomic E-state index is 0.0548. The van der Waals surface area contributed by atoms with Gasteiger partial charge in [0.05, 0.1) is 13.2 Å². The highest BCUT2D eigenvalue weighted by atomic mass is 16.5. The molecule has 5 heteroatoms. The summed E-state index contributed by atoms with van der Waals surface area (Å²) in [6, 6.07) is 14.1. The molecular weight excluding hydrogens is 352 g/mol. The molecule has 0 N–H and O–H groups in total. The van der Waals surface area contributed by atoms with E-state index in [9.17, 15) is 4.79 Å². The number of rotatable bonds is 7. The van der Waals surface area contributed by atoms with E-state index in [0.717, 1.165) is 32.7 Å². The third-order valence-electron chi connectivity index (χ3n) is 4.94. The van der Waals surface area contributed by atoms with Crippen molar-refractivity contribution < 1.29 is 14.3 Å². The lowest BCUT2D eigenvalue weighted by Gasteiger charge is -2.35. The summed E-state index contributed by atoms with van der Waals surface area (Å²) in [7, 11) is 0. The summed E-state index contributed by atoms with van der Waals surface area (Å²) in [5, 5.41) is 0. The lowest BCUT2D eigenvalue weighted by Crippen LogP contribution is -2.48. The van der Waals surface area contributed by atoms with Crippen molar-refractivity contribution in [1.82, 2.24) is 9.80 Å². The number of carbonyl (C=O) groups excluding carboxylic acids is 1. The summed E-state index contributed by atoms with van der Waals surface area (Å²) >= 11 is 0. The van der Waals surface area contributed by atoms with Crippen molar-refractivity contribution in [3.05, 3.63) is 59.2 Å². The maximum absolute atomic E-state index is 12.9. The molecule has 1 fully saturated rings. The molecule has 0 bridgehead atoms. The topological polar surface area (TPSA) is 42.0 Å². The standard InChI is InChI=1S/C23H30N2O3/c1-4-27-21-10-9-20(16-22(21)28-5-2)23(26)25-13-11-24(12-14-25)17-19-8-6-7-18(3)15-19/h6-10,15-16H,4-5,11-14,17H2,1-3H3. The number of hydrogen-bond acceptors (Lipinski definition) is 4. The van der Waals surface area contributed by atoms with Crippen LogP contribution in [0, 0.1) is 6.92 Å². The van der Waals surface area contributed by atoms with Gasteiger partial charge in [0.2, 0.25) is 0 Å².